The summed E-state index contributed by atoms with van der Waals surface area (Å²) in [5.41, 5.74) is 2.30. The largest absolute Gasteiger partial charge is 0.321 e. The number of hydrogen-bond donors (Lipinski definition) is 2. The van der Waals surface area contributed by atoms with Gasteiger partial charge in [-0.2, -0.15) is 0 Å². The lowest BCUT2D eigenvalue weighted by molar-refractivity contribution is 0.102. The predicted octanol–water partition coefficient (Wildman–Crippen LogP) is 5.10. The van der Waals surface area contributed by atoms with Crippen molar-refractivity contribution in [3.8, 4) is 0 Å². The van der Waals surface area contributed by atoms with Crippen LogP contribution >= 0.6 is 11.6 Å². The molecule has 0 aliphatic heterocycles. The van der Waals surface area contributed by atoms with Crippen LogP contribution in [0.3, 0.4) is 0 Å². The van der Waals surface area contributed by atoms with Gasteiger partial charge in [-0.15, -0.1) is 0 Å². The lowest BCUT2D eigenvalue weighted by atomic mass is 10.1. The smallest absolute Gasteiger partial charge is 0.258 e. The highest BCUT2D eigenvalue weighted by molar-refractivity contribution is 6.31. The zero-order valence-corrected chi connectivity index (χ0v) is 15.6. The molecule has 3 aromatic rings. The molecule has 2 amide bonds. The van der Waals surface area contributed by atoms with Gasteiger partial charge in [0.2, 0.25) is 0 Å². The van der Waals surface area contributed by atoms with E-state index in [1.165, 1.54) is 6.07 Å². The van der Waals surface area contributed by atoms with Crippen LogP contribution in [-0.2, 0) is 0 Å². The van der Waals surface area contributed by atoms with E-state index in [9.17, 15) is 9.59 Å². The number of carbonyl (C=O) groups excluding carboxylic acids is 2. The van der Waals surface area contributed by atoms with E-state index in [2.05, 4.69) is 20.5 Å². The quantitative estimate of drug-likeness (QED) is 0.608. The van der Waals surface area contributed by atoms with Gasteiger partial charge in [-0.1, -0.05) is 41.9 Å². The van der Waals surface area contributed by atoms with E-state index in [1.54, 1.807) is 48.7 Å². The monoisotopic (exact) mass is 390 g/mol. The summed E-state index contributed by atoms with van der Waals surface area (Å²) in [5, 5.41) is 5.76. The maximum absolute atomic E-state index is 12.7. The molecule has 7 heteroatoms. The molecular weight excluding hydrogens is 376 g/mol. The minimum atomic E-state index is -0.447. The standard InChI is InChI=1S/C21H15ClN4O2/c1-13-3-10-19(24-12-13)26-21(28)17-11-15(22)6-9-18(17)25-20(27)14-4-7-16(23-2)8-5-14/h3-12H,1H3,(H,25,27)(H,24,26,28). The lowest BCUT2D eigenvalue weighted by Gasteiger charge is -2.12. The predicted molar refractivity (Wildman–Crippen MR) is 109 cm³/mol. The molecule has 138 valence electrons. The number of nitrogens with one attached hydrogen (secondary N) is 2. The molecule has 0 spiro atoms. The van der Waals surface area contributed by atoms with Crippen molar-refractivity contribution < 1.29 is 9.59 Å². The number of carbonyl (C=O) groups is 2. The average Bonchev–Trinajstić information content (AvgIpc) is 2.71. The van der Waals surface area contributed by atoms with Crippen LogP contribution in [0.25, 0.3) is 4.85 Å². The summed E-state index contributed by atoms with van der Waals surface area (Å²) in [6.07, 6.45) is 1.64. The molecule has 0 atom stereocenters. The molecule has 0 bridgehead atoms. The number of anilines is 2. The molecule has 0 radical (unpaired) electrons. The molecule has 1 heterocycles. The number of pyridine rings is 1. The number of amides is 2. The maximum atomic E-state index is 12.7. The molecule has 0 aliphatic carbocycles. The molecule has 2 N–H and O–H groups in total. The summed E-state index contributed by atoms with van der Waals surface area (Å²) in [4.78, 5) is 32.6. The second-order valence-electron chi connectivity index (χ2n) is 5.98. The van der Waals surface area contributed by atoms with Crippen molar-refractivity contribution in [3.05, 3.63) is 93.9 Å². The summed E-state index contributed by atoms with van der Waals surface area (Å²) in [6, 6.07) is 14.4. The van der Waals surface area contributed by atoms with Crippen LogP contribution in [0.1, 0.15) is 26.3 Å². The van der Waals surface area contributed by atoms with Crippen LogP contribution in [0.4, 0.5) is 17.2 Å². The first-order valence-electron chi connectivity index (χ1n) is 8.29. The minimum Gasteiger partial charge on any atom is -0.321 e. The first-order chi connectivity index (χ1) is 13.5. The Bertz CT molecular complexity index is 1070. The number of nitrogens with zero attached hydrogens (tertiary/aromatic N) is 2. The molecule has 0 saturated heterocycles. The van der Waals surface area contributed by atoms with E-state index in [4.69, 9.17) is 18.2 Å². The lowest BCUT2D eigenvalue weighted by Crippen LogP contribution is -2.18. The molecule has 1 aromatic heterocycles. The molecule has 0 unspecified atom stereocenters. The van der Waals surface area contributed by atoms with Gasteiger partial charge in [-0.3, -0.25) is 9.59 Å². The molecular formula is C21H15ClN4O2. The number of aromatic nitrogens is 1. The Morgan fingerprint density at radius 2 is 1.75 bits per heavy atom. The van der Waals surface area contributed by atoms with E-state index in [0.29, 0.717) is 27.8 Å². The van der Waals surface area contributed by atoms with Crippen LogP contribution in [0.5, 0.6) is 0 Å². The fourth-order valence-electron chi connectivity index (χ4n) is 2.42. The van der Waals surface area contributed by atoms with Crippen LogP contribution in [0, 0.1) is 13.5 Å². The fourth-order valence-corrected chi connectivity index (χ4v) is 2.59. The molecule has 0 aliphatic rings. The first kappa shape index (κ1) is 19.1. The van der Waals surface area contributed by atoms with Gasteiger partial charge in [-0.25, -0.2) is 9.83 Å². The third-order valence-electron chi connectivity index (χ3n) is 3.89. The van der Waals surface area contributed by atoms with E-state index in [1.807, 2.05) is 13.0 Å². The van der Waals surface area contributed by atoms with Crippen LogP contribution in [0.15, 0.2) is 60.8 Å². The summed E-state index contributed by atoms with van der Waals surface area (Å²) < 4.78 is 0. The van der Waals surface area contributed by atoms with Crippen molar-refractivity contribution in [3.63, 3.8) is 0 Å². The summed E-state index contributed by atoms with van der Waals surface area (Å²) in [6.45, 7) is 8.86. The molecule has 0 saturated carbocycles. The fraction of sp³-hybridized carbons (Fsp3) is 0.0476. The normalized spacial score (nSPS) is 10.0. The average molecular weight is 391 g/mol. The third-order valence-corrected chi connectivity index (χ3v) is 4.12. The number of benzene rings is 2. The third kappa shape index (κ3) is 4.53. The van der Waals surface area contributed by atoms with Crippen molar-refractivity contribution in [2.24, 2.45) is 0 Å². The van der Waals surface area contributed by atoms with Gasteiger partial charge < -0.3 is 10.6 Å². The Morgan fingerprint density at radius 1 is 1.00 bits per heavy atom. The molecule has 28 heavy (non-hydrogen) atoms. The zero-order chi connectivity index (χ0) is 20.1. The van der Waals surface area contributed by atoms with E-state index < -0.39 is 11.8 Å². The SMILES string of the molecule is [C-]#[N+]c1ccc(C(=O)Nc2ccc(Cl)cc2C(=O)Nc2ccc(C)cn2)cc1. The Labute approximate surface area is 167 Å². The van der Waals surface area contributed by atoms with E-state index in [-0.39, 0.29) is 5.56 Å². The van der Waals surface area contributed by atoms with Gasteiger partial charge in [0.25, 0.3) is 11.8 Å². The number of halogens is 1. The van der Waals surface area contributed by atoms with Crippen molar-refractivity contribution in [1.82, 2.24) is 4.98 Å². The summed E-state index contributed by atoms with van der Waals surface area (Å²) in [7, 11) is 0. The highest BCUT2D eigenvalue weighted by Crippen LogP contribution is 2.23. The highest BCUT2D eigenvalue weighted by Gasteiger charge is 2.16. The van der Waals surface area contributed by atoms with Gasteiger partial charge >= 0.3 is 0 Å². The second kappa shape index (κ2) is 8.33. The molecule has 6 nitrogen and oxygen atoms in total. The van der Waals surface area contributed by atoms with Gasteiger partial charge in [0.05, 0.1) is 17.8 Å². The maximum Gasteiger partial charge on any atom is 0.258 e. The van der Waals surface area contributed by atoms with Gasteiger partial charge in [0.1, 0.15) is 5.82 Å². The number of aryl methyl sites for hydroxylation is 1. The summed E-state index contributed by atoms with van der Waals surface area (Å²) >= 11 is 6.04. The van der Waals surface area contributed by atoms with Crippen LogP contribution < -0.4 is 10.6 Å². The minimum absolute atomic E-state index is 0.209. The molecule has 2 aromatic carbocycles. The van der Waals surface area contributed by atoms with Crippen molar-refractivity contribution in [1.29, 1.82) is 0 Å². The van der Waals surface area contributed by atoms with E-state index >= 15 is 0 Å². The Balaban J connectivity index is 1.83. The van der Waals surface area contributed by atoms with Gasteiger partial charge in [0, 0.05) is 16.8 Å². The second-order valence-corrected chi connectivity index (χ2v) is 6.41. The Kier molecular flexibility index (Phi) is 5.68. The Hall–Kier alpha value is -3.69. The molecule has 3 rings (SSSR count). The highest BCUT2D eigenvalue weighted by atomic mass is 35.5. The Morgan fingerprint density at radius 3 is 2.39 bits per heavy atom. The van der Waals surface area contributed by atoms with Crippen molar-refractivity contribution >= 4 is 40.6 Å². The van der Waals surface area contributed by atoms with E-state index in [0.717, 1.165) is 5.56 Å². The summed E-state index contributed by atoms with van der Waals surface area (Å²) in [5.74, 6) is -0.457. The van der Waals surface area contributed by atoms with Crippen LogP contribution in [0.2, 0.25) is 5.02 Å². The van der Waals surface area contributed by atoms with Crippen LogP contribution in [-0.4, -0.2) is 16.8 Å². The van der Waals surface area contributed by atoms with Gasteiger partial charge in [0.15, 0.2) is 5.69 Å². The zero-order valence-electron chi connectivity index (χ0n) is 14.9. The topological polar surface area (TPSA) is 75.5 Å². The van der Waals surface area contributed by atoms with Gasteiger partial charge in [-0.05, 0) is 36.8 Å². The number of hydrogen-bond acceptors (Lipinski definition) is 3. The number of rotatable bonds is 4. The molecule has 0 fully saturated rings. The van der Waals surface area contributed by atoms with Crippen molar-refractivity contribution in [2.75, 3.05) is 10.6 Å². The first-order valence-corrected chi connectivity index (χ1v) is 8.66. The van der Waals surface area contributed by atoms with Crippen molar-refractivity contribution in [2.45, 2.75) is 6.92 Å².